The third kappa shape index (κ3) is 1.71. The lowest BCUT2D eigenvalue weighted by molar-refractivity contribution is 0.350. The Hall–Kier alpha value is -1.59. The molecule has 2 nitrogen and oxygen atoms in total. The van der Waals surface area contributed by atoms with E-state index < -0.39 is 0 Å². The van der Waals surface area contributed by atoms with Crippen LogP contribution >= 0.6 is 0 Å². The maximum atomic E-state index is 8.77. The van der Waals surface area contributed by atoms with Crippen LogP contribution in [0.5, 0.6) is 0 Å². The van der Waals surface area contributed by atoms with Crippen LogP contribution in [0.3, 0.4) is 0 Å². The van der Waals surface area contributed by atoms with E-state index >= 15 is 0 Å². The van der Waals surface area contributed by atoms with Crippen LogP contribution in [0.25, 0.3) is 5.57 Å². The molecule has 0 unspecified atom stereocenters. The Morgan fingerprint density at radius 1 is 1.58 bits per heavy atom. The van der Waals surface area contributed by atoms with Crippen molar-refractivity contribution >= 4 is 5.57 Å². The Kier molecular flexibility index (Phi) is 2.62. The Labute approximate surface area is 71.4 Å². The van der Waals surface area contributed by atoms with Gasteiger partial charge in [-0.1, -0.05) is 18.7 Å². The Bertz CT molecular complexity index is 336. The standard InChI is InChI=1S/C10H9NO/c1-8(7-12)10-4-2-3-9(5-10)6-11/h2-5,12H,1,7H2. The maximum Gasteiger partial charge on any atom is 0.0991 e. The van der Waals surface area contributed by atoms with E-state index in [0.717, 1.165) is 5.56 Å². The number of hydrogen-bond acceptors (Lipinski definition) is 2. The first kappa shape index (κ1) is 8.51. The summed E-state index contributed by atoms with van der Waals surface area (Å²) in [7, 11) is 0. The van der Waals surface area contributed by atoms with E-state index in [1.807, 2.05) is 12.1 Å². The largest absolute Gasteiger partial charge is 0.392 e. The third-order valence-corrected chi connectivity index (χ3v) is 1.59. The molecular formula is C10H9NO. The molecule has 12 heavy (non-hydrogen) atoms. The number of aliphatic hydroxyl groups excluding tert-OH is 1. The van der Waals surface area contributed by atoms with Crippen molar-refractivity contribution in [2.75, 3.05) is 6.61 Å². The second-order valence-electron chi connectivity index (χ2n) is 2.45. The minimum Gasteiger partial charge on any atom is -0.392 e. The monoisotopic (exact) mass is 159 g/mol. The average Bonchev–Trinajstić information content (AvgIpc) is 2.17. The van der Waals surface area contributed by atoms with E-state index in [-0.39, 0.29) is 6.61 Å². The van der Waals surface area contributed by atoms with Crippen molar-refractivity contribution in [3.63, 3.8) is 0 Å². The molecule has 1 aromatic carbocycles. The smallest absolute Gasteiger partial charge is 0.0991 e. The molecule has 0 spiro atoms. The zero-order chi connectivity index (χ0) is 8.97. The summed E-state index contributed by atoms with van der Waals surface area (Å²) in [5, 5.41) is 17.3. The first-order valence-corrected chi connectivity index (χ1v) is 3.57. The first-order valence-electron chi connectivity index (χ1n) is 3.57. The van der Waals surface area contributed by atoms with Gasteiger partial charge < -0.3 is 5.11 Å². The summed E-state index contributed by atoms with van der Waals surface area (Å²) in [5.41, 5.74) is 2.03. The molecule has 0 bridgehead atoms. The molecule has 0 fully saturated rings. The number of benzene rings is 1. The van der Waals surface area contributed by atoms with Gasteiger partial charge in [-0.2, -0.15) is 5.26 Å². The van der Waals surface area contributed by atoms with Crippen molar-refractivity contribution in [2.24, 2.45) is 0 Å². The van der Waals surface area contributed by atoms with E-state index in [4.69, 9.17) is 10.4 Å². The van der Waals surface area contributed by atoms with E-state index in [9.17, 15) is 0 Å². The van der Waals surface area contributed by atoms with Crippen molar-refractivity contribution in [3.05, 3.63) is 42.0 Å². The van der Waals surface area contributed by atoms with Gasteiger partial charge in [0.25, 0.3) is 0 Å². The molecule has 0 saturated heterocycles. The van der Waals surface area contributed by atoms with Crippen LogP contribution < -0.4 is 0 Å². The molecule has 0 heterocycles. The Morgan fingerprint density at radius 2 is 2.33 bits per heavy atom. The summed E-state index contributed by atoms with van der Waals surface area (Å²) in [6.45, 7) is 3.58. The SMILES string of the molecule is C=C(CO)c1cccc(C#N)c1. The van der Waals surface area contributed by atoms with Crippen molar-refractivity contribution in [1.82, 2.24) is 0 Å². The number of rotatable bonds is 2. The minimum atomic E-state index is -0.0745. The zero-order valence-corrected chi connectivity index (χ0v) is 6.62. The highest BCUT2D eigenvalue weighted by Crippen LogP contribution is 2.12. The minimum absolute atomic E-state index is 0.0745. The zero-order valence-electron chi connectivity index (χ0n) is 6.62. The second kappa shape index (κ2) is 3.70. The van der Waals surface area contributed by atoms with Crippen LogP contribution in [0.4, 0.5) is 0 Å². The molecule has 60 valence electrons. The summed E-state index contributed by atoms with van der Waals surface area (Å²) < 4.78 is 0. The van der Waals surface area contributed by atoms with Crippen LogP contribution in [-0.2, 0) is 0 Å². The lowest BCUT2D eigenvalue weighted by Gasteiger charge is -2.00. The quantitative estimate of drug-likeness (QED) is 0.711. The summed E-state index contributed by atoms with van der Waals surface area (Å²) in [4.78, 5) is 0. The Morgan fingerprint density at radius 3 is 2.92 bits per heavy atom. The van der Waals surface area contributed by atoms with Gasteiger partial charge in [0.15, 0.2) is 0 Å². The Balaban J connectivity index is 3.04. The van der Waals surface area contributed by atoms with Gasteiger partial charge in [-0.15, -0.1) is 0 Å². The molecular weight excluding hydrogens is 150 g/mol. The van der Waals surface area contributed by atoms with E-state index in [0.29, 0.717) is 11.1 Å². The fourth-order valence-corrected chi connectivity index (χ4v) is 0.900. The van der Waals surface area contributed by atoms with Crippen LogP contribution in [0, 0.1) is 11.3 Å². The predicted molar refractivity (Wildman–Crippen MR) is 47.3 cm³/mol. The second-order valence-corrected chi connectivity index (χ2v) is 2.45. The molecule has 0 radical (unpaired) electrons. The molecule has 0 aromatic heterocycles. The topological polar surface area (TPSA) is 44.0 Å². The lowest BCUT2D eigenvalue weighted by atomic mass is 10.1. The molecule has 0 aliphatic heterocycles. The molecule has 0 aliphatic rings. The number of nitriles is 1. The number of aliphatic hydroxyl groups is 1. The molecule has 0 aliphatic carbocycles. The fraction of sp³-hybridized carbons (Fsp3) is 0.100. The van der Waals surface area contributed by atoms with Gasteiger partial charge in [0.05, 0.1) is 18.2 Å². The van der Waals surface area contributed by atoms with Crippen LogP contribution in [-0.4, -0.2) is 11.7 Å². The highest BCUT2D eigenvalue weighted by atomic mass is 16.3. The average molecular weight is 159 g/mol. The molecule has 1 N–H and O–H groups in total. The van der Waals surface area contributed by atoms with Gasteiger partial charge in [-0.05, 0) is 23.3 Å². The van der Waals surface area contributed by atoms with Crippen LogP contribution in [0.2, 0.25) is 0 Å². The summed E-state index contributed by atoms with van der Waals surface area (Å²) >= 11 is 0. The van der Waals surface area contributed by atoms with E-state index in [1.165, 1.54) is 0 Å². The maximum absolute atomic E-state index is 8.77. The first-order chi connectivity index (χ1) is 5.77. The van der Waals surface area contributed by atoms with Crippen LogP contribution in [0.1, 0.15) is 11.1 Å². The van der Waals surface area contributed by atoms with Gasteiger partial charge in [0.2, 0.25) is 0 Å². The van der Waals surface area contributed by atoms with Crippen molar-refractivity contribution in [1.29, 1.82) is 5.26 Å². The molecule has 2 heteroatoms. The summed E-state index contributed by atoms with van der Waals surface area (Å²) in [5.74, 6) is 0. The fourth-order valence-electron chi connectivity index (χ4n) is 0.900. The van der Waals surface area contributed by atoms with E-state index in [2.05, 4.69) is 6.58 Å². The van der Waals surface area contributed by atoms with Gasteiger partial charge in [0.1, 0.15) is 0 Å². The molecule has 0 atom stereocenters. The van der Waals surface area contributed by atoms with Gasteiger partial charge in [-0.25, -0.2) is 0 Å². The molecule has 0 saturated carbocycles. The van der Waals surface area contributed by atoms with Gasteiger partial charge >= 0.3 is 0 Å². The van der Waals surface area contributed by atoms with Crippen LogP contribution in [0.15, 0.2) is 30.8 Å². The molecule has 1 rings (SSSR count). The lowest BCUT2D eigenvalue weighted by Crippen LogP contribution is -1.88. The molecule has 1 aromatic rings. The van der Waals surface area contributed by atoms with Crippen molar-refractivity contribution in [2.45, 2.75) is 0 Å². The molecule has 0 amide bonds. The highest BCUT2D eigenvalue weighted by molar-refractivity contribution is 5.65. The number of hydrogen-bond donors (Lipinski definition) is 1. The van der Waals surface area contributed by atoms with Gasteiger partial charge in [0, 0.05) is 0 Å². The highest BCUT2D eigenvalue weighted by Gasteiger charge is 1.97. The van der Waals surface area contributed by atoms with E-state index in [1.54, 1.807) is 18.2 Å². The van der Waals surface area contributed by atoms with Crippen molar-refractivity contribution in [3.8, 4) is 6.07 Å². The van der Waals surface area contributed by atoms with Crippen molar-refractivity contribution < 1.29 is 5.11 Å². The summed E-state index contributed by atoms with van der Waals surface area (Å²) in [6.07, 6.45) is 0. The summed E-state index contributed by atoms with van der Waals surface area (Å²) in [6, 6.07) is 9.04. The number of nitrogens with zero attached hydrogens (tertiary/aromatic N) is 1. The van der Waals surface area contributed by atoms with Gasteiger partial charge in [-0.3, -0.25) is 0 Å². The predicted octanol–water partition coefficient (Wildman–Crippen LogP) is 1.56. The third-order valence-electron chi connectivity index (χ3n) is 1.59. The normalized spacial score (nSPS) is 9.00.